The van der Waals surface area contributed by atoms with Crippen LogP contribution in [0.3, 0.4) is 0 Å². The number of hydrogen-bond acceptors (Lipinski definition) is 4. The molecule has 1 heterocycles. The molecule has 1 aliphatic rings. The van der Waals surface area contributed by atoms with Crippen molar-refractivity contribution in [2.75, 3.05) is 25.1 Å². The van der Waals surface area contributed by atoms with E-state index in [1.807, 2.05) is 7.05 Å². The molecule has 1 aliphatic heterocycles. The van der Waals surface area contributed by atoms with E-state index in [-0.39, 0.29) is 11.6 Å². The Balaban J connectivity index is 2.73. The summed E-state index contributed by atoms with van der Waals surface area (Å²) in [5, 5.41) is 0. The average molecular weight is 248 g/mol. The Morgan fingerprint density at radius 3 is 2.50 bits per heavy atom. The number of likely N-dealkylation sites (N-methyl/N-ethyl adjacent to an activating group) is 1. The Kier molecular flexibility index (Phi) is 4.37. The molecule has 1 rings (SSSR count). The fourth-order valence-corrected chi connectivity index (χ4v) is 4.26. The van der Waals surface area contributed by atoms with Crippen LogP contribution in [0.4, 0.5) is 0 Å². The molecule has 0 bridgehead atoms. The topological polar surface area (TPSA) is 63.4 Å². The van der Waals surface area contributed by atoms with Gasteiger partial charge < -0.3 is 5.73 Å². The van der Waals surface area contributed by atoms with Gasteiger partial charge in [0.2, 0.25) is 0 Å². The van der Waals surface area contributed by atoms with Crippen LogP contribution in [-0.4, -0.2) is 50.0 Å². The summed E-state index contributed by atoms with van der Waals surface area (Å²) in [4.78, 5) is 2.18. The summed E-state index contributed by atoms with van der Waals surface area (Å²) in [6, 6.07) is 0.144. The van der Waals surface area contributed by atoms with Crippen molar-refractivity contribution >= 4 is 9.84 Å². The van der Waals surface area contributed by atoms with Gasteiger partial charge in [-0.3, -0.25) is 4.90 Å². The van der Waals surface area contributed by atoms with Gasteiger partial charge in [-0.1, -0.05) is 13.3 Å². The van der Waals surface area contributed by atoms with Gasteiger partial charge in [-0.05, 0) is 26.8 Å². The van der Waals surface area contributed by atoms with E-state index in [9.17, 15) is 8.42 Å². The van der Waals surface area contributed by atoms with Gasteiger partial charge in [0.1, 0.15) is 0 Å². The SMILES string of the molecule is CCCC(C)(CN)N(C)C1CCS(=O)(=O)C1. The summed E-state index contributed by atoms with van der Waals surface area (Å²) in [7, 11) is -0.798. The highest BCUT2D eigenvalue weighted by Crippen LogP contribution is 2.26. The molecular weight excluding hydrogens is 224 g/mol. The lowest BCUT2D eigenvalue weighted by Gasteiger charge is -2.41. The molecule has 2 N–H and O–H groups in total. The Morgan fingerprint density at radius 1 is 1.50 bits per heavy atom. The molecule has 0 amide bonds. The van der Waals surface area contributed by atoms with Gasteiger partial charge >= 0.3 is 0 Å². The number of rotatable bonds is 5. The van der Waals surface area contributed by atoms with Crippen molar-refractivity contribution in [2.24, 2.45) is 5.73 Å². The molecule has 0 radical (unpaired) electrons. The molecule has 2 atom stereocenters. The summed E-state index contributed by atoms with van der Waals surface area (Å²) in [6.45, 7) is 4.84. The van der Waals surface area contributed by atoms with Crippen LogP contribution in [-0.2, 0) is 9.84 Å². The highest BCUT2D eigenvalue weighted by Gasteiger charge is 2.37. The standard InChI is InChI=1S/C11H24N2O2S/c1-4-6-11(2,9-12)13(3)10-5-7-16(14,15)8-10/h10H,4-9,12H2,1-3H3. The molecule has 0 aromatic heterocycles. The lowest BCUT2D eigenvalue weighted by Crippen LogP contribution is -2.54. The molecular formula is C11H24N2O2S. The molecule has 2 unspecified atom stereocenters. The summed E-state index contributed by atoms with van der Waals surface area (Å²) < 4.78 is 22.9. The minimum absolute atomic E-state index is 0.0702. The number of nitrogens with zero attached hydrogens (tertiary/aromatic N) is 1. The minimum Gasteiger partial charge on any atom is -0.329 e. The van der Waals surface area contributed by atoms with E-state index < -0.39 is 9.84 Å². The van der Waals surface area contributed by atoms with E-state index in [0.717, 1.165) is 19.3 Å². The molecule has 0 spiro atoms. The summed E-state index contributed by atoms with van der Waals surface area (Å²) in [6.07, 6.45) is 2.83. The van der Waals surface area contributed by atoms with Gasteiger partial charge in [0.15, 0.2) is 9.84 Å². The third-order valence-electron chi connectivity index (χ3n) is 3.84. The third kappa shape index (κ3) is 2.96. The number of nitrogens with two attached hydrogens (primary N) is 1. The van der Waals surface area contributed by atoms with Crippen LogP contribution in [0, 0.1) is 0 Å². The first kappa shape index (κ1) is 13.9. The van der Waals surface area contributed by atoms with Crippen molar-refractivity contribution in [3.05, 3.63) is 0 Å². The van der Waals surface area contributed by atoms with Crippen LogP contribution in [0.2, 0.25) is 0 Å². The Labute approximate surface area is 99.1 Å². The second-order valence-electron chi connectivity index (χ2n) is 5.12. The van der Waals surface area contributed by atoms with E-state index in [1.54, 1.807) is 0 Å². The predicted octanol–water partition coefficient (Wildman–Crippen LogP) is 0.623. The molecule has 0 saturated carbocycles. The van der Waals surface area contributed by atoms with Crippen LogP contribution < -0.4 is 5.73 Å². The Bertz CT molecular complexity index is 329. The zero-order valence-electron chi connectivity index (χ0n) is 10.6. The van der Waals surface area contributed by atoms with Gasteiger partial charge in [0.05, 0.1) is 11.5 Å². The zero-order chi connectivity index (χ0) is 12.4. The molecule has 96 valence electrons. The smallest absolute Gasteiger partial charge is 0.151 e. The normalized spacial score (nSPS) is 28.2. The molecule has 4 nitrogen and oxygen atoms in total. The van der Waals surface area contributed by atoms with Crippen molar-refractivity contribution in [2.45, 2.75) is 44.7 Å². The average Bonchev–Trinajstić information content (AvgIpc) is 2.58. The van der Waals surface area contributed by atoms with Crippen molar-refractivity contribution in [1.29, 1.82) is 0 Å². The zero-order valence-corrected chi connectivity index (χ0v) is 11.4. The van der Waals surface area contributed by atoms with Gasteiger partial charge in [0.25, 0.3) is 0 Å². The first-order valence-corrected chi connectivity index (χ1v) is 7.80. The molecule has 0 aliphatic carbocycles. The third-order valence-corrected chi connectivity index (χ3v) is 5.59. The van der Waals surface area contributed by atoms with Gasteiger partial charge in [-0.2, -0.15) is 0 Å². The molecule has 1 fully saturated rings. The number of sulfone groups is 1. The van der Waals surface area contributed by atoms with Gasteiger partial charge in [-0.15, -0.1) is 0 Å². The van der Waals surface area contributed by atoms with Crippen molar-refractivity contribution < 1.29 is 8.42 Å². The maximum atomic E-state index is 11.5. The van der Waals surface area contributed by atoms with Crippen molar-refractivity contribution in [3.63, 3.8) is 0 Å². The van der Waals surface area contributed by atoms with Crippen LogP contribution in [0.5, 0.6) is 0 Å². The molecule has 0 aromatic carbocycles. The van der Waals surface area contributed by atoms with Crippen LogP contribution in [0.15, 0.2) is 0 Å². The Hall–Kier alpha value is -0.130. The van der Waals surface area contributed by atoms with Crippen LogP contribution >= 0.6 is 0 Å². The summed E-state index contributed by atoms with van der Waals surface area (Å²) >= 11 is 0. The molecule has 16 heavy (non-hydrogen) atoms. The van der Waals surface area contributed by atoms with Crippen LogP contribution in [0.25, 0.3) is 0 Å². The van der Waals surface area contributed by atoms with E-state index in [0.29, 0.717) is 18.1 Å². The minimum atomic E-state index is -2.81. The molecule has 0 aromatic rings. The summed E-state index contributed by atoms with van der Waals surface area (Å²) in [5.41, 5.74) is 5.77. The highest BCUT2D eigenvalue weighted by molar-refractivity contribution is 7.91. The lowest BCUT2D eigenvalue weighted by molar-refractivity contribution is 0.0941. The van der Waals surface area contributed by atoms with E-state index in [4.69, 9.17) is 5.73 Å². The van der Waals surface area contributed by atoms with E-state index in [2.05, 4.69) is 18.7 Å². The number of hydrogen-bond donors (Lipinski definition) is 1. The predicted molar refractivity (Wildman–Crippen MR) is 67.2 cm³/mol. The quantitative estimate of drug-likeness (QED) is 0.775. The second-order valence-corrected chi connectivity index (χ2v) is 7.35. The lowest BCUT2D eigenvalue weighted by atomic mass is 9.92. The second kappa shape index (κ2) is 5.02. The van der Waals surface area contributed by atoms with E-state index in [1.165, 1.54) is 0 Å². The largest absolute Gasteiger partial charge is 0.329 e. The fraction of sp³-hybridized carbons (Fsp3) is 1.00. The van der Waals surface area contributed by atoms with Crippen molar-refractivity contribution in [1.82, 2.24) is 4.90 Å². The molecule has 1 saturated heterocycles. The first-order valence-electron chi connectivity index (χ1n) is 5.98. The Morgan fingerprint density at radius 2 is 2.12 bits per heavy atom. The maximum Gasteiger partial charge on any atom is 0.151 e. The van der Waals surface area contributed by atoms with E-state index >= 15 is 0 Å². The monoisotopic (exact) mass is 248 g/mol. The fourth-order valence-electron chi connectivity index (χ4n) is 2.48. The van der Waals surface area contributed by atoms with Crippen LogP contribution in [0.1, 0.15) is 33.1 Å². The van der Waals surface area contributed by atoms with Gasteiger partial charge in [-0.25, -0.2) is 8.42 Å². The molecule has 5 heteroatoms. The van der Waals surface area contributed by atoms with Crippen molar-refractivity contribution in [3.8, 4) is 0 Å². The highest BCUT2D eigenvalue weighted by atomic mass is 32.2. The maximum absolute atomic E-state index is 11.5. The van der Waals surface area contributed by atoms with Gasteiger partial charge in [0, 0.05) is 18.1 Å². The first-order chi connectivity index (χ1) is 7.34. The summed E-state index contributed by atoms with van der Waals surface area (Å²) in [5.74, 6) is 0.623.